The van der Waals surface area contributed by atoms with Crippen molar-refractivity contribution in [3.63, 3.8) is 0 Å². The van der Waals surface area contributed by atoms with Gasteiger partial charge in [0.05, 0.1) is 6.61 Å². The van der Waals surface area contributed by atoms with E-state index in [0.29, 0.717) is 6.61 Å². The van der Waals surface area contributed by atoms with E-state index in [1.165, 1.54) is 5.69 Å². The van der Waals surface area contributed by atoms with Gasteiger partial charge in [-0.05, 0) is 32.9 Å². The molecule has 0 aliphatic carbocycles. The number of hydrogen-bond donors (Lipinski definition) is 0. The second-order valence-electron chi connectivity index (χ2n) is 3.02. The molecule has 0 bridgehead atoms. The second kappa shape index (κ2) is 5.53. The van der Waals surface area contributed by atoms with E-state index >= 15 is 0 Å². The minimum atomic E-state index is 0.474. The Hall–Kier alpha value is -1.18. The zero-order valence-corrected chi connectivity index (χ0v) is 8.99. The summed E-state index contributed by atoms with van der Waals surface area (Å²) in [5.74, 6) is 0.893. The zero-order chi connectivity index (χ0) is 10.4. The summed E-state index contributed by atoms with van der Waals surface area (Å²) in [7, 11) is 0. The third kappa shape index (κ3) is 2.66. The molecule has 0 amide bonds. The highest BCUT2D eigenvalue weighted by atomic mass is 16.5. The Morgan fingerprint density at radius 3 is 2.57 bits per heavy atom. The quantitative estimate of drug-likeness (QED) is 0.711. The first-order valence-corrected chi connectivity index (χ1v) is 5.08. The Labute approximate surface area is 86.5 Å². The lowest BCUT2D eigenvalue weighted by molar-refractivity contribution is 0.361. The fourth-order valence-electron chi connectivity index (χ4n) is 1.48. The SMILES string of the molecule is [CH2]COc1cccc(N(CC)CC)c1. The molecular weight excluding hydrogens is 174 g/mol. The average molecular weight is 192 g/mol. The van der Waals surface area contributed by atoms with E-state index in [0.717, 1.165) is 18.8 Å². The Balaban J connectivity index is 2.81. The molecule has 0 aromatic heterocycles. The van der Waals surface area contributed by atoms with Gasteiger partial charge >= 0.3 is 0 Å². The van der Waals surface area contributed by atoms with Crippen molar-refractivity contribution < 1.29 is 4.74 Å². The molecule has 0 spiro atoms. The predicted octanol–water partition coefficient (Wildman–Crippen LogP) is 2.75. The van der Waals surface area contributed by atoms with Gasteiger partial charge in [-0.1, -0.05) is 6.07 Å². The van der Waals surface area contributed by atoms with Crippen LogP contribution in [-0.4, -0.2) is 19.7 Å². The van der Waals surface area contributed by atoms with Crippen molar-refractivity contribution in [3.8, 4) is 5.75 Å². The maximum absolute atomic E-state index is 5.35. The zero-order valence-electron chi connectivity index (χ0n) is 8.99. The van der Waals surface area contributed by atoms with Crippen molar-refractivity contribution in [1.82, 2.24) is 0 Å². The lowest BCUT2D eigenvalue weighted by Gasteiger charge is -2.21. The molecule has 0 heterocycles. The highest BCUT2D eigenvalue weighted by Crippen LogP contribution is 2.20. The smallest absolute Gasteiger partial charge is 0.121 e. The molecule has 0 saturated carbocycles. The third-order valence-corrected chi connectivity index (χ3v) is 2.21. The number of benzene rings is 1. The largest absolute Gasteiger partial charge is 0.494 e. The molecule has 1 rings (SSSR count). The van der Waals surface area contributed by atoms with Crippen LogP contribution in [0.3, 0.4) is 0 Å². The van der Waals surface area contributed by atoms with Gasteiger partial charge in [0.1, 0.15) is 5.75 Å². The van der Waals surface area contributed by atoms with E-state index in [1.54, 1.807) is 0 Å². The van der Waals surface area contributed by atoms with Gasteiger partial charge in [-0.25, -0.2) is 0 Å². The fourth-order valence-corrected chi connectivity index (χ4v) is 1.48. The molecule has 77 valence electrons. The van der Waals surface area contributed by atoms with E-state index in [-0.39, 0.29) is 0 Å². The Morgan fingerprint density at radius 2 is 2.00 bits per heavy atom. The van der Waals surface area contributed by atoms with Crippen molar-refractivity contribution in [1.29, 1.82) is 0 Å². The van der Waals surface area contributed by atoms with Gasteiger partial charge in [0, 0.05) is 24.8 Å². The van der Waals surface area contributed by atoms with Crippen LogP contribution >= 0.6 is 0 Å². The lowest BCUT2D eigenvalue weighted by atomic mass is 10.2. The van der Waals surface area contributed by atoms with Gasteiger partial charge in [-0.15, -0.1) is 0 Å². The summed E-state index contributed by atoms with van der Waals surface area (Å²) < 4.78 is 5.35. The summed E-state index contributed by atoms with van der Waals surface area (Å²) in [4.78, 5) is 2.29. The molecule has 1 aromatic carbocycles. The van der Waals surface area contributed by atoms with Crippen molar-refractivity contribution in [2.75, 3.05) is 24.6 Å². The molecule has 2 heteroatoms. The minimum absolute atomic E-state index is 0.474. The van der Waals surface area contributed by atoms with Crippen LogP contribution in [0.15, 0.2) is 24.3 Å². The number of anilines is 1. The van der Waals surface area contributed by atoms with Gasteiger partial charge < -0.3 is 9.64 Å². The van der Waals surface area contributed by atoms with E-state index in [1.807, 2.05) is 12.1 Å². The third-order valence-electron chi connectivity index (χ3n) is 2.21. The molecular formula is C12H18NO. The Bertz CT molecular complexity index is 269. The van der Waals surface area contributed by atoms with Crippen molar-refractivity contribution in [3.05, 3.63) is 31.2 Å². The summed E-state index contributed by atoms with van der Waals surface area (Å²) >= 11 is 0. The van der Waals surface area contributed by atoms with Crippen LogP contribution < -0.4 is 9.64 Å². The summed E-state index contributed by atoms with van der Waals surface area (Å²) in [5.41, 5.74) is 1.21. The van der Waals surface area contributed by atoms with Gasteiger partial charge in [-0.2, -0.15) is 0 Å². The van der Waals surface area contributed by atoms with E-state index in [9.17, 15) is 0 Å². The first kappa shape index (κ1) is 10.9. The summed E-state index contributed by atoms with van der Waals surface area (Å²) in [6.07, 6.45) is 0. The highest BCUT2D eigenvalue weighted by Gasteiger charge is 2.02. The number of nitrogens with zero attached hydrogens (tertiary/aromatic N) is 1. The molecule has 2 nitrogen and oxygen atoms in total. The fraction of sp³-hybridized carbons (Fsp3) is 0.417. The van der Waals surface area contributed by atoms with Crippen LogP contribution in [0.25, 0.3) is 0 Å². The maximum atomic E-state index is 5.35. The van der Waals surface area contributed by atoms with Gasteiger partial charge in [0.25, 0.3) is 0 Å². The normalized spacial score (nSPS) is 9.93. The van der Waals surface area contributed by atoms with Gasteiger partial charge in [0.2, 0.25) is 0 Å². The summed E-state index contributed by atoms with van der Waals surface area (Å²) in [6, 6.07) is 8.12. The second-order valence-corrected chi connectivity index (χ2v) is 3.02. The van der Waals surface area contributed by atoms with E-state index in [4.69, 9.17) is 4.74 Å². The summed E-state index contributed by atoms with van der Waals surface area (Å²) in [5, 5.41) is 0. The monoisotopic (exact) mass is 192 g/mol. The molecule has 1 aromatic rings. The van der Waals surface area contributed by atoms with Crippen LogP contribution in [0.2, 0.25) is 0 Å². The van der Waals surface area contributed by atoms with E-state index < -0.39 is 0 Å². The molecule has 0 aliphatic heterocycles. The Kier molecular flexibility index (Phi) is 4.30. The van der Waals surface area contributed by atoms with Crippen molar-refractivity contribution in [2.45, 2.75) is 13.8 Å². The van der Waals surface area contributed by atoms with Crippen LogP contribution in [0, 0.1) is 6.92 Å². The van der Waals surface area contributed by atoms with E-state index in [2.05, 4.69) is 37.8 Å². The van der Waals surface area contributed by atoms with Crippen molar-refractivity contribution >= 4 is 5.69 Å². The molecule has 0 aliphatic rings. The average Bonchev–Trinajstić information content (AvgIpc) is 2.21. The highest BCUT2D eigenvalue weighted by molar-refractivity contribution is 5.50. The topological polar surface area (TPSA) is 12.5 Å². The molecule has 14 heavy (non-hydrogen) atoms. The molecule has 0 atom stereocenters. The molecule has 1 radical (unpaired) electrons. The predicted molar refractivity (Wildman–Crippen MR) is 60.9 cm³/mol. The standard InChI is InChI=1S/C12H18NO/c1-4-13(5-2)11-8-7-9-12(10-11)14-6-3/h7-10H,3-6H2,1-2H3. The number of ether oxygens (including phenoxy) is 1. The maximum Gasteiger partial charge on any atom is 0.121 e. The van der Waals surface area contributed by atoms with Crippen molar-refractivity contribution in [2.24, 2.45) is 0 Å². The van der Waals surface area contributed by atoms with Crippen LogP contribution in [0.4, 0.5) is 5.69 Å². The van der Waals surface area contributed by atoms with Gasteiger partial charge in [0.15, 0.2) is 0 Å². The molecule has 0 N–H and O–H groups in total. The Morgan fingerprint density at radius 1 is 1.29 bits per heavy atom. The van der Waals surface area contributed by atoms with Crippen LogP contribution in [0.5, 0.6) is 5.75 Å². The first-order chi connectivity index (χ1) is 6.81. The lowest BCUT2D eigenvalue weighted by Crippen LogP contribution is -2.21. The molecule has 0 saturated heterocycles. The molecule has 0 fully saturated rings. The van der Waals surface area contributed by atoms with Crippen LogP contribution in [-0.2, 0) is 0 Å². The number of hydrogen-bond acceptors (Lipinski definition) is 2. The van der Waals surface area contributed by atoms with Gasteiger partial charge in [-0.3, -0.25) is 0 Å². The molecule has 0 unspecified atom stereocenters. The minimum Gasteiger partial charge on any atom is -0.494 e. The number of rotatable bonds is 5. The van der Waals surface area contributed by atoms with Crippen LogP contribution in [0.1, 0.15) is 13.8 Å². The first-order valence-electron chi connectivity index (χ1n) is 5.08. The summed E-state index contributed by atoms with van der Waals surface area (Å²) in [6.45, 7) is 10.5.